The van der Waals surface area contributed by atoms with Crippen molar-refractivity contribution in [3.8, 4) is 6.07 Å². The highest BCUT2D eigenvalue weighted by molar-refractivity contribution is 7.59. The summed E-state index contributed by atoms with van der Waals surface area (Å²) in [5, 5.41) is 11.6. The molecule has 2 aromatic rings. The molecule has 8 heteroatoms. The number of nitriles is 1. The van der Waals surface area contributed by atoms with E-state index in [0.717, 1.165) is 0 Å². The smallest absolute Gasteiger partial charge is 0.223 e. The van der Waals surface area contributed by atoms with Gasteiger partial charge in [0.25, 0.3) is 0 Å². The van der Waals surface area contributed by atoms with Crippen LogP contribution in [0.15, 0.2) is 35.3 Å². The number of carbonyl (C=O) groups excluding carboxylic acids is 2. The summed E-state index contributed by atoms with van der Waals surface area (Å²) >= 11 is 0. The summed E-state index contributed by atoms with van der Waals surface area (Å²) in [5.74, 6) is -0.528. The Kier molecular flexibility index (Phi) is 8.65. The van der Waals surface area contributed by atoms with Crippen molar-refractivity contribution < 1.29 is 14.0 Å². The van der Waals surface area contributed by atoms with Crippen LogP contribution in [0.3, 0.4) is 0 Å². The van der Waals surface area contributed by atoms with Gasteiger partial charge < -0.3 is 14.3 Å². The number of amides is 1. The molecule has 0 aromatic carbocycles. The standard InChI is InChI=1S/C18H22N4O3.H2S/c1-13(2)21-18(24)14(10-16(23)17-4-3-9-25-17)6-8-22-11-15(5-7-19)20-12-22;/h3-4,9,11-14H,5-6,8,10H2,1-2H3,(H,21,24);1H2/t14-;/m1./s1. The number of nitrogens with zero attached hydrogens (tertiary/aromatic N) is 3. The first-order valence-corrected chi connectivity index (χ1v) is 8.24. The Labute approximate surface area is 159 Å². The molecule has 1 amide bonds. The fourth-order valence-corrected chi connectivity index (χ4v) is 2.50. The molecule has 26 heavy (non-hydrogen) atoms. The van der Waals surface area contributed by atoms with Crippen molar-refractivity contribution in [2.24, 2.45) is 5.92 Å². The number of Topliss-reactive ketones (excluding diaryl/α,β-unsaturated/α-hetero) is 1. The van der Waals surface area contributed by atoms with E-state index in [4.69, 9.17) is 9.68 Å². The lowest BCUT2D eigenvalue weighted by atomic mass is 9.96. The molecule has 0 radical (unpaired) electrons. The molecule has 1 N–H and O–H groups in total. The van der Waals surface area contributed by atoms with Crippen LogP contribution in [-0.4, -0.2) is 27.3 Å². The average molecular weight is 376 g/mol. The number of imidazole rings is 1. The molecule has 2 rings (SSSR count). The van der Waals surface area contributed by atoms with E-state index < -0.39 is 5.92 Å². The third kappa shape index (κ3) is 6.41. The van der Waals surface area contributed by atoms with Crippen molar-refractivity contribution >= 4 is 25.2 Å². The van der Waals surface area contributed by atoms with Crippen LogP contribution in [0.25, 0.3) is 0 Å². The predicted molar refractivity (Wildman–Crippen MR) is 101 cm³/mol. The minimum Gasteiger partial charge on any atom is -0.461 e. The molecular formula is C18H24N4O3S. The number of ketones is 1. The van der Waals surface area contributed by atoms with Crippen LogP contribution in [0.2, 0.25) is 0 Å². The second-order valence-electron chi connectivity index (χ2n) is 6.19. The first kappa shape index (κ1) is 21.5. The maximum absolute atomic E-state index is 12.4. The second-order valence-corrected chi connectivity index (χ2v) is 6.19. The van der Waals surface area contributed by atoms with Crippen LogP contribution in [0, 0.1) is 17.2 Å². The maximum atomic E-state index is 12.4. The first-order chi connectivity index (χ1) is 12.0. The summed E-state index contributed by atoms with van der Waals surface area (Å²) < 4.78 is 6.96. The molecule has 140 valence electrons. The zero-order valence-electron chi connectivity index (χ0n) is 14.9. The zero-order valence-corrected chi connectivity index (χ0v) is 15.9. The Morgan fingerprint density at radius 3 is 2.81 bits per heavy atom. The number of hydrogen-bond acceptors (Lipinski definition) is 5. The lowest BCUT2D eigenvalue weighted by molar-refractivity contribution is -0.125. The quantitative estimate of drug-likeness (QED) is 0.678. The van der Waals surface area contributed by atoms with Gasteiger partial charge in [-0.25, -0.2) is 4.98 Å². The van der Waals surface area contributed by atoms with E-state index >= 15 is 0 Å². The van der Waals surface area contributed by atoms with Gasteiger partial charge in [0, 0.05) is 31.1 Å². The van der Waals surface area contributed by atoms with E-state index in [1.807, 2.05) is 24.5 Å². The van der Waals surface area contributed by atoms with Gasteiger partial charge in [-0.05, 0) is 32.4 Å². The normalized spacial score (nSPS) is 11.5. The van der Waals surface area contributed by atoms with E-state index in [9.17, 15) is 9.59 Å². The predicted octanol–water partition coefficient (Wildman–Crippen LogP) is 2.46. The molecule has 2 heterocycles. The van der Waals surface area contributed by atoms with Gasteiger partial charge in [0.15, 0.2) is 11.5 Å². The molecule has 1 atom stereocenters. The molecular weight excluding hydrogens is 352 g/mol. The molecule has 0 saturated heterocycles. The summed E-state index contributed by atoms with van der Waals surface area (Å²) in [7, 11) is 0. The number of carbonyl (C=O) groups is 2. The Morgan fingerprint density at radius 2 is 2.19 bits per heavy atom. The highest BCUT2D eigenvalue weighted by atomic mass is 32.1. The first-order valence-electron chi connectivity index (χ1n) is 8.24. The van der Waals surface area contributed by atoms with Crippen molar-refractivity contribution in [2.75, 3.05) is 0 Å². The monoisotopic (exact) mass is 376 g/mol. The van der Waals surface area contributed by atoms with Gasteiger partial charge in [0.05, 0.1) is 30.8 Å². The van der Waals surface area contributed by atoms with Gasteiger partial charge in [-0.15, -0.1) is 0 Å². The van der Waals surface area contributed by atoms with Gasteiger partial charge in [-0.3, -0.25) is 9.59 Å². The molecule has 0 fully saturated rings. The zero-order chi connectivity index (χ0) is 18.2. The van der Waals surface area contributed by atoms with Gasteiger partial charge >= 0.3 is 0 Å². The molecule has 0 spiro atoms. The molecule has 0 aliphatic carbocycles. The highest BCUT2D eigenvalue weighted by Gasteiger charge is 2.24. The molecule has 0 unspecified atom stereocenters. The van der Waals surface area contributed by atoms with Crippen LogP contribution in [-0.2, 0) is 17.8 Å². The van der Waals surface area contributed by atoms with Crippen LogP contribution < -0.4 is 5.32 Å². The summed E-state index contributed by atoms with van der Waals surface area (Å²) in [6.45, 7) is 4.31. The number of aromatic nitrogens is 2. The summed E-state index contributed by atoms with van der Waals surface area (Å²) in [5.41, 5.74) is 0.692. The Hall–Kier alpha value is -2.53. The fraction of sp³-hybridized carbons (Fsp3) is 0.444. The van der Waals surface area contributed by atoms with Crippen molar-refractivity contribution in [3.63, 3.8) is 0 Å². The highest BCUT2D eigenvalue weighted by Crippen LogP contribution is 2.16. The second kappa shape index (κ2) is 10.5. The third-order valence-electron chi connectivity index (χ3n) is 3.71. The third-order valence-corrected chi connectivity index (χ3v) is 3.71. The van der Waals surface area contributed by atoms with Crippen LogP contribution in [0.4, 0.5) is 0 Å². The minimum atomic E-state index is -0.457. The van der Waals surface area contributed by atoms with Crippen LogP contribution >= 0.6 is 13.5 Å². The van der Waals surface area contributed by atoms with E-state index in [-0.39, 0.29) is 49.8 Å². The number of hydrogen-bond donors (Lipinski definition) is 1. The minimum absolute atomic E-state index is 0. The summed E-state index contributed by atoms with van der Waals surface area (Å²) in [6, 6.07) is 5.30. The number of nitrogens with one attached hydrogen (secondary N) is 1. The molecule has 0 aliphatic heterocycles. The Morgan fingerprint density at radius 1 is 1.42 bits per heavy atom. The summed E-state index contributed by atoms with van der Waals surface area (Å²) in [6.07, 6.45) is 5.70. The van der Waals surface area contributed by atoms with Crippen molar-refractivity contribution in [2.45, 2.75) is 45.7 Å². The van der Waals surface area contributed by atoms with Gasteiger partial charge in [0.2, 0.25) is 5.91 Å². The number of rotatable bonds is 9. The number of aryl methyl sites for hydroxylation is 1. The lowest BCUT2D eigenvalue weighted by Gasteiger charge is -2.18. The molecule has 0 saturated carbocycles. The van der Waals surface area contributed by atoms with E-state index in [1.54, 1.807) is 24.7 Å². The number of furan rings is 1. The van der Waals surface area contributed by atoms with Gasteiger partial charge in [0.1, 0.15) is 0 Å². The van der Waals surface area contributed by atoms with Crippen molar-refractivity contribution in [3.05, 3.63) is 42.4 Å². The lowest BCUT2D eigenvalue weighted by Crippen LogP contribution is -2.37. The van der Waals surface area contributed by atoms with E-state index in [1.165, 1.54) is 6.26 Å². The SMILES string of the molecule is CC(C)NC(=O)[C@H](CCn1cnc(CC#N)c1)CC(=O)c1ccco1.S. The van der Waals surface area contributed by atoms with Crippen molar-refractivity contribution in [1.29, 1.82) is 5.26 Å². The van der Waals surface area contributed by atoms with Gasteiger partial charge in [-0.1, -0.05) is 0 Å². The molecule has 7 nitrogen and oxygen atoms in total. The average Bonchev–Trinajstić information content (AvgIpc) is 3.22. The fourth-order valence-electron chi connectivity index (χ4n) is 2.50. The Bertz CT molecular complexity index is 747. The molecule has 0 bridgehead atoms. The maximum Gasteiger partial charge on any atom is 0.223 e. The topological polar surface area (TPSA) is 101 Å². The Balaban J connectivity index is 0.00000338. The van der Waals surface area contributed by atoms with Gasteiger partial charge in [-0.2, -0.15) is 18.8 Å². The van der Waals surface area contributed by atoms with E-state index in [0.29, 0.717) is 18.7 Å². The molecule has 0 aliphatic rings. The van der Waals surface area contributed by atoms with Crippen LogP contribution in [0.1, 0.15) is 42.9 Å². The van der Waals surface area contributed by atoms with Crippen molar-refractivity contribution in [1.82, 2.24) is 14.9 Å². The van der Waals surface area contributed by atoms with Crippen LogP contribution in [0.5, 0.6) is 0 Å². The largest absolute Gasteiger partial charge is 0.461 e. The van der Waals surface area contributed by atoms with E-state index in [2.05, 4.69) is 10.3 Å². The summed E-state index contributed by atoms with van der Waals surface area (Å²) in [4.78, 5) is 28.8. The molecule has 2 aromatic heterocycles.